The molecule has 0 saturated carbocycles. The van der Waals surface area contributed by atoms with Crippen molar-refractivity contribution in [3.63, 3.8) is 0 Å². The summed E-state index contributed by atoms with van der Waals surface area (Å²) < 4.78 is 0. The first kappa shape index (κ1) is 7.83. The molecule has 1 unspecified atom stereocenters. The van der Waals surface area contributed by atoms with Crippen molar-refractivity contribution >= 4 is 0 Å². The predicted molar refractivity (Wildman–Crippen MR) is 49.0 cm³/mol. The largest absolute Gasteiger partial charge is 0.367 e. The zero-order chi connectivity index (χ0) is 8.44. The minimum atomic E-state index is 0.109. The summed E-state index contributed by atoms with van der Waals surface area (Å²) in [4.78, 5) is 3.08. The summed E-state index contributed by atoms with van der Waals surface area (Å²) in [7, 11) is 0. The van der Waals surface area contributed by atoms with Crippen LogP contribution in [0.1, 0.15) is 12.5 Å². The van der Waals surface area contributed by atoms with E-state index in [9.17, 15) is 0 Å². The lowest BCUT2D eigenvalue weighted by Gasteiger charge is -2.35. The number of aromatic amines is 1. The molecule has 1 aliphatic heterocycles. The Bertz CT molecular complexity index is 234. The molecule has 1 atom stereocenters. The molecular formula is C9H15N3. The SMILES string of the molecule is CC1(c2cc[nH]c2)CNCCN1. The summed E-state index contributed by atoms with van der Waals surface area (Å²) in [6.45, 7) is 5.34. The van der Waals surface area contributed by atoms with Gasteiger partial charge in [-0.2, -0.15) is 0 Å². The van der Waals surface area contributed by atoms with Crippen LogP contribution in [0.2, 0.25) is 0 Å². The maximum absolute atomic E-state index is 3.52. The summed E-state index contributed by atoms with van der Waals surface area (Å²) in [5, 5.41) is 6.90. The number of hydrogen-bond acceptors (Lipinski definition) is 2. The lowest BCUT2D eigenvalue weighted by atomic mass is 9.93. The standard InChI is InChI=1S/C9H15N3/c1-9(7-11-4-5-12-9)8-2-3-10-6-8/h2-3,6,10-12H,4-5,7H2,1H3. The lowest BCUT2D eigenvalue weighted by molar-refractivity contribution is 0.303. The van der Waals surface area contributed by atoms with Crippen LogP contribution >= 0.6 is 0 Å². The van der Waals surface area contributed by atoms with Crippen LogP contribution in [0, 0.1) is 0 Å². The van der Waals surface area contributed by atoms with E-state index < -0.39 is 0 Å². The van der Waals surface area contributed by atoms with Crippen LogP contribution in [0.4, 0.5) is 0 Å². The molecule has 0 aromatic carbocycles. The minimum Gasteiger partial charge on any atom is -0.367 e. The molecule has 0 bridgehead atoms. The maximum atomic E-state index is 3.52. The van der Waals surface area contributed by atoms with Gasteiger partial charge in [0.15, 0.2) is 0 Å². The molecule has 0 aliphatic carbocycles. The number of H-pyrrole nitrogens is 1. The van der Waals surface area contributed by atoms with Crippen LogP contribution in [-0.2, 0) is 5.54 Å². The molecule has 1 aromatic rings. The van der Waals surface area contributed by atoms with E-state index in [4.69, 9.17) is 0 Å². The van der Waals surface area contributed by atoms with E-state index in [1.165, 1.54) is 5.56 Å². The van der Waals surface area contributed by atoms with Gasteiger partial charge in [-0.15, -0.1) is 0 Å². The number of hydrogen-bond donors (Lipinski definition) is 3. The monoisotopic (exact) mass is 165 g/mol. The Morgan fingerprint density at radius 3 is 2.92 bits per heavy atom. The molecule has 2 heterocycles. The van der Waals surface area contributed by atoms with Crippen LogP contribution in [-0.4, -0.2) is 24.6 Å². The molecular weight excluding hydrogens is 150 g/mol. The summed E-state index contributed by atoms with van der Waals surface area (Å²) >= 11 is 0. The molecule has 0 radical (unpaired) electrons. The van der Waals surface area contributed by atoms with E-state index in [1.54, 1.807) is 0 Å². The third-order valence-corrected chi connectivity index (χ3v) is 2.53. The van der Waals surface area contributed by atoms with Gasteiger partial charge in [0.2, 0.25) is 0 Å². The highest BCUT2D eigenvalue weighted by atomic mass is 15.1. The van der Waals surface area contributed by atoms with Crippen LogP contribution in [0.3, 0.4) is 0 Å². The molecule has 2 rings (SSSR count). The van der Waals surface area contributed by atoms with Gasteiger partial charge >= 0.3 is 0 Å². The summed E-state index contributed by atoms with van der Waals surface area (Å²) in [5.41, 5.74) is 1.44. The third-order valence-electron chi connectivity index (χ3n) is 2.53. The Hall–Kier alpha value is -0.800. The Kier molecular flexibility index (Phi) is 1.90. The number of piperazine rings is 1. The molecule has 1 aromatic heterocycles. The second-order valence-corrected chi connectivity index (χ2v) is 3.54. The second-order valence-electron chi connectivity index (χ2n) is 3.54. The van der Waals surface area contributed by atoms with Crippen molar-refractivity contribution in [1.29, 1.82) is 0 Å². The van der Waals surface area contributed by atoms with Crippen molar-refractivity contribution in [2.24, 2.45) is 0 Å². The molecule has 0 spiro atoms. The van der Waals surface area contributed by atoms with Crippen LogP contribution in [0.25, 0.3) is 0 Å². The highest BCUT2D eigenvalue weighted by molar-refractivity contribution is 5.21. The van der Waals surface area contributed by atoms with Crippen molar-refractivity contribution in [1.82, 2.24) is 15.6 Å². The molecule has 1 aliphatic rings. The van der Waals surface area contributed by atoms with E-state index in [-0.39, 0.29) is 5.54 Å². The van der Waals surface area contributed by atoms with E-state index in [1.807, 2.05) is 6.20 Å². The fourth-order valence-corrected chi connectivity index (χ4v) is 1.70. The van der Waals surface area contributed by atoms with Crippen LogP contribution in [0.5, 0.6) is 0 Å². The number of nitrogens with one attached hydrogen (secondary N) is 3. The molecule has 0 amide bonds. The zero-order valence-electron chi connectivity index (χ0n) is 7.35. The van der Waals surface area contributed by atoms with Crippen molar-refractivity contribution in [3.05, 3.63) is 24.0 Å². The molecule has 12 heavy (non-hydrogen) atoms. The average molecular weight is 165 g/mol. The number of rotatable bonds is 1. The highest BCUT2D eigenvalue weighted by Gasteiger charge is 2.27. The predicted octanol–water partition coefficient (Wildman–Crippen LogP) is 0.423. The topological polar surface area (TPSA) is 39.9 Å². The first-order valence-electron chi connectivity index (χ1n) is 4.40. The smallest absolute Gasteiger partial charge is 0.0547 e. The Labute approximate surface area is 72.6 Å². The van der Waals surface area contributed by atoms with Gasteiger partial charge in [-0.05, 0) is 18.6 Å². The quantitative estimate of drug-likeness (QED) is 0.564. The minimum absolute atomic E-state index is 0.109. The first-order chi connectivity index (χ1) is 5.81. The van der Waals surface area contributed by atoms with Gasteiger partial charge in [-0.1, -0.05) is 0 Å². The Morgan fingerprint density at radius 2 is 2.33 bits per heavy atom. The van der Waals surface area contributed by atoms with E-state index in [0.29, 0.717) is 0 Å². The van der Waals surface area contributed by atoms with Gasteiger partial charge in [0.05, 0.1) is 5.54 Å². The highest BCUT2D eigenvalue weighted by Crippen LogP contribution is 2.20. The molecule has 1 saturated heterocycles. The Morgan fingerprint density at radius 1 is 1.42 bits per heavy atom. The Balaban J connectivity index is 2.19. The van der Waals surface area contributed by atoms with Crippen LogP contribution in [0.15, 0.2) is 18.5 Å². The maximum Gasteiger partial charge on any atom is 0.0547 e. The molecule has 3 N–H and O–H groups in total. The van der Waals surface area contributed by atoms with Crippen molar-refractivity contribution < 1.29 is 0 Å². The van der Waals surface area contributed by atoms with Gasteiger partial charge in [-0.25, -0.2) is 0 Å². The zero-order valence-corrected chi connectivity index (χ0v) is 7.35. The molecule has 3 nitrogen and oxygen atoms in total. The van der Waals surface area contributed by atoms with Crippen LogP contribution < -0.4 is 10.6 Å². The average Bonchev–Trinajstić information content (AvgIpc) is 2.58. The summed E-state index contributed by atoms with van der Waals surface area (Å²) in [6.07, 6.45) is 4.02. The van der Waals surface area contributed by atoms with E-state index >= 15 is 0 Å². The van der Waals surface area contributed by atoms with Crippen molar-refractivity contribution in [2.45, 2.75) is 12.5 Å². The van der Waals surface area contributed by atoms with E-state index in [0.717, 1.165) is 19.6 Å². The fourth-order valence-electron chi connectivity index (χ4n) is 1.70. The number of aromatic nitrogens is 1. The van der Waals surface area contributed by atoms with Gasteiger partial charge < -0.3 is 15.6 Å². The first-order valence-corrected chi connectivity index (χ1v) is 4.40. The summed E-state index contributed by atoms with van der Waals surface area (Å²) in [6, 6.07) is 2.12. The third kappa shape index (κ3) is 1.26. The lowest BCUT2D eigenvalue weighted by Crippen LogP contribution is -2.54. The van der Waals surface area contributed by atoms with Crippen molar-refractivity contribution in [2.75, 3.05) is 19.6 Å². The van der Waals surface area contributed by atoms with Crippen molar-refractivity contribution in [3.8, 4) is 0 Å². The van der Waals surface area contributed by atoms with Gasteiger partial charge in [0.25, 0.3) is 0 Å². The molecule has 1 fully saturated rings. The van der Waals surface area contributed by atoms with Gasteiger partial charge in [0.1, 0.15) is 0 Å². The van der Waals surface area contributed by atoms with E-state index in [2.05, 4.69) is 34.8 Å². The normalized spacial score (nSPS) is 30.4. The van der Waals surface area contributed by atoms with Gasteiger partial charge in [-0.3, -0.25) is 0 Å². The summed E-state index contributed by atoms with van der Waals surface area (Å²) in [5.74, 6) is 0. The fraction of sp³-hybridized carbons (Fsp3) is 0.556. The second kappa shape index (κ2) is 2.92. The van der Waals surface area contributed by atoms with Gasteiger partial charge in [0, 0.05) is 32.0 Å². The molecule has 3 heteroatoms. The molecule has 66 valence electrons.